The Morgan fingerprint density at radius 2 is 2.13 bits per heavy atom. The van der Waals surface area contributed by atoms with Crippen LogP contribution < -0.4 is 15.8 Å². The molecule has 2 aromatic heterocycles. The van der Waals surface area contributed by atoms with Crippen molar-refractivity contribution in [2.24, 2.45) is 0 Å². The van der Waals surface area contributed by atoms with E-state index in [1.165, 1.54) is 0 Å². The molecule has 1 aliphatic rings. The molecule has 0 bridgehead atoms. The fraction of sp³-hybridized carbons (Fsp3) is 0.458. The van der Waals surface area contributed by atoms with Crippen molar-refractivity contribution in [3.8, 4) is 11.1 Å². The average Bonchev–Trinajstić information content (AvgIpc) is 2.79. The van der Waals surface area contributed by atoms with E-state index in [9.17, 15) is 9.59 Å². The van der Waals surface area contributed by atoms with Crippen LogP contribution in [0.4, 0.5) is 5.69 Å². The van der Waals surface area contributed by atoms with Gasteiger partial charge in [0.2, 0.25) is 5.91 Å². The first-order valence-corrected chi connectivity index (χ1v) is 11.1. The van der Waals surface area contributed by atoms with Gasteiger partial charge in [-0.15, -0.1) is 0 Å². The average molecular weight is 424 g/mol. The lowest BCUT2D eigenvalue weighted by atomic mass is 10.0. The number of rotatable bonds is 8. The molecule has 0 radical (unpaired) electrons. The van der Waals surface area contributed by atoms with Crippen molar-refractivity contribution in [1.29, 1.82) is 0 Å². The van der Waals surface area contributed by atoms with E-state index in [0.29, 0.717) is 31.4 Å². The van der Waals surface area contributed by atoms with Gasteiger partial charge in [-0.05, 0) is 43.5 Å². The number of piperidine rings is 1. The first kappa shape index (κ1) is 22.7. The second kappa shape index (κ2) is 10.9. The third kappa shape index (κ3) is 6.04. The molecule has 3 rings (SSSR count). The van der Waals surface area contributed by atoms with Crippen molar-refractivity contribution in [1.82, 2.24) is 20.2 Å². The van der Waals surface area contributed by atoms with E-state index in [0.717, 1.165) is 30.5 Å². The van der Waals surface area contributed by atoms with Gasteiger partial charge in [-0.3, -0.25) is 14.6 Å². The third-order valence-corrected chi connectivity index (χ3v) is 5.60. The van der Waals surface area contributed by atoms with Crippen molar-refractivity contribution >= 4 is 11.6 Å². The van der Waals surface area contributed by atoms with Gasteiger partial charge in [-0.25, -0.2) is 0 Å². The molecule has 31 heavy (non-hydrogen) atoms. The van der Waals surface area contributed by atoms with Crippen LogP contribution >= 0.6 is 0 Å². The number of aromatic amines is 1. The van der Waals surface area contributed by atoms with Gasteiger partial charge < -0.3 is 20.1 Å². The number of hydrogen-bond acceptors (Lipinski definition) is 5. The highest BCUT2D eigenvalue weighted by Gasteiger charge is 2.28. The Hall–Kier alpha value is -2.93. The number of nitrogens with zero attached hydrogens (tertiary/aromatic N) is 3. The number of hydrogen-bond donors (Lipinski definition) is 2. The molecule has 7 nitrogen and oxygen atoms in total. The summed E-state index contributed by atoms with van der Waals surface area (Å²) in [5, 5.41) is 3.28. The molecule has 0 saturated carbocycles. The summed E-state index contributed by atoms with van der Waals surface area (Å²) >= 11 is 0. The second-order valence-electron chi connectivity index (χ2n) is 8.17. The minimum Gasteiger partial charge on any atom is -0.363 e. The molecule has 2 N–H and O–H groups in total. The summed E-state index contributed by atoms with van der Waals surface area (Å²) in [5.41, 5.74) is 2.49. The summed E-state index contributed by atoms with van der Waals surface area (Å²) in [6.45, 7) is 8.96. The van der Waals surface area contributed by atoms with Gasteiger partial charge in [0.25, 0.3) is 5.56 Å². The Bertz CT molecular complexity index is 938. The normalized spacial score (nSPS) is 16.8. The Labute approximate surface area is 184 Å². The lowest BCUT2D eigenvalue weighted by Gasteiger charge is -2.39. The number of anilines is 1. The maximum atomic E-state index is 12.7. The highest BCUT2D eigenvalue weighted by Crippen LogP contribution is 2.25. The van der Waals surface area contributed by atoms with E-state index < -0.39 is 0 Å². The zero-order valence-corrected chi connectivity index (χ0v) is 18.7. The van der Waals surface area contributed by atoms with E-state index in [1.807, 2.05) is 29.2 Å². The van der Waals surface area contributed by atoms with Gasteiger partial charge in [0.05, 0.1) is 0 Å². The van der Waals surface area contributed by atoms with E-state index >= 15 is 0 Å². The summed E-state index contributed by atoms with van der Waals surface area (Å²) in [7, 11) is 0. The molecule has 1 unspecified atom stereocenters. The molecule has 2 aromatic rings. The maximum Gasteiger partial charge on any atom is 0.271 e. The van der Waals surface area contributed by atoms with Crippen molar-refractivity contribution in [2.45, 2.75) is 45.7 Å². The van der Waals surface area contributed by atoms with Crippen molar-refractivity contribution < 1.29 is 4.79 Å². The summed E-state index contributed by atoms with van der Waals surface area (Å²) in [5.74, 6) is 0.0331. The molecule has 1 aliphatic heterocycles. The number of amides is 1. The zero-order valence-electron chi connectivity index (χ0n) is 18.7. The summed E-state index contributed by atoms with van der Waals surface area (Å²) in [6, 6.07) is 6.29. The molecule has 0 aromatic carbocycles. The SMILES string of the molecule is CCN(c1cc(-c2ccncc2)c[nH]c1=O)C1CCCN(C(=O)C=CCNC(C)C)C1. The summed E-state index contributed by atoms with van der Waals surface area (Å²) < 4.78 is 0. The largest absolute Gasteiger partial charge is 0.363 e. The molecule has 166 valence electrons. The van der Waals surface area contributed by atoms with E-state index in [1.54, 1.807) is 24.7 Å². The molecular formula is C24H33N5O2. The summed E-state index contributed by atoms with van der Waals surface area (Å²) in [6.07, 6.45) is 10.6. The predicted octanol–water partition coefficient (Wildman–Crippen LogP) is 2.81. The second-order valence-corrected chi connectivity index (χ2v) is 8.17. The fourth-order valence-corrected chi connectivity index (χ4v) is 4.00. The minimum absolute atomic E-state index is 0.0331. The quantitative estimate of drug-likeness (QED) is 0.638. The monoisotopic (exact) mass is 423 g/mol. The zero-order chi connectivity index (χ0) is 22.2. The lowest BCUT2D eigenvalue weighted by Crippen LogP contribution is -2.50. The van der Waals surface area contributed by atoms with Crippen LogP contribution in [0.25, 0.3) is 11.1 Å². The molecule has 1 fully saturated rings. The molecule has 1 saturated heterocycles. The number of likely N-dealkylation sites (N-methyl/N-ethyl adjacent to an activating group) is 1. The van der Waals surface area contributed by atoms with Gasteiger partial charge in [0, 0.05) is 68.5 Å². The fourth-order valence-electron chi connectivity index (χ4n) is 4.00. The number of pyridine rings is 2. The molecule has 0 aliphatic carbocycles. The lowest BCUT2D eigenvalue weighted by molar-refractivity contribution is -0.127. The van der Waals surface area contributed by atoms with E-state index in [4.69, 9.17) is 0 Å². The molecular weight excluding hydrogens is 390 g/mol. The Morgan fingerprint density at radius 3 is 2.84 bits per heavy atom. The number of likely N-dealkylation sites (tertiary alicyclic amines) is 1. The number of aromatic nitrogens is 2. The van der Waals surface area contributed by atoms with Crippen LogP contribution in [0.3, 0.4) is 0 Å². The van der Waals surface area contributed by atoms with Crippen molar-refractivity contribution in [2.75, 3.05) is 31.1 Å². The van der Waals surface area contributed by atoms with E-state index in [2.05, 4.69) is 41.0 Å². The molecule has 7 heteroatoms. The number of carbonyl (C=O) groups is 1. The first-order chi connectivity index (χ1) is 15.0. The van der Waals surface area contributed by atoms with E-state index in [-0.39, 0.29) is 17.5 Å². The topological polar surface area (TPSA) is 81.3 Å². The maximum absolute atomic E-state index is 12.7. The van der Waals surface area contributed by atoms with Crippen LogP contribution in [0.5, 0.6) is 0 Å². The third-order valence-electron chi connectivity index (χ3n) is 5.60. The number of H-pyrrole nitrogens is 1. The number of nitrogens with one attached hydrogen (secondary N) is 2. The van der Waals surface area contributed by atoms with Crippen LogP contribution in [-0.2, 0) is 4.79 Å². The van der Waals surface area contributed by atoms with Gasteiger partial charge >= 0.3 is 0 Å². The highest BCUT2D eigenvalue weighted by molar-refractivity contribution is 5.87. The Morgan fingerprint density at radius 1 is 1.35 bits per heavy atom. The number of carbonyl (C=O) groups excluding carboxylic acids is 1. The van der Waals surface area contributed by atoms with Crippen LogP contribution in [0, 0.1) is 0 Å². The molecule has 1 atom stereocenters. The molecule has 0 spiro atoms. The van der Waals surface area contributed by atoms with Crippen molar-refractivity contribution in [3.63, 3.8) is 0 Å². The van der Waals surface area contributed by atoms with Gasteiger partial charge in [-0.1, -0.05) is 19.9 Å². The Kier molecular flexibility index (Phi) is 8.00. The first-order valence-electron chi connectivity index (χ1n) is 11.1. The van der Waals surface area contributed by atoms with Crippen LogP contribution in [0.15, 0.2) is 53.7 Å². The summed E-state index contributed by atoms with van der Waals surface area (Å²) in [4.78, 5) is 36.3. The van der Waals surface area contributed by atoms with Gasteiger partial charge in [-0.2, -0.15) is 0 Å². The van der Waals surface area contributed by atoms with Crippen molar-refractivity contribution in [3.05, 3.63) is 59.3 Å². The molecule has 3 heterocycles. The van der Waals surface area contributed by atoms with Crippen LogP contribution in [0.2, 0.25) is 0 Å². The Balaban J connectivity index is 1.75. The van der Waals surface area contributed by atoms with Crippen LogP contribution in [0.1, 0.15) is 33.6 Å². The highest BCUT2D eigenvalue weighted by atomic mass is 16.2. The van der Waals surface area contributed by atoms with Gasteiger partial charge in [0.15, 0.2) is 0 Å². The van der Waals surface area contributed by atoms with Crippen LogP contribution in [-0.4, -0.2) is 59.0 Å². The smallest absolute Gasteiger partial charge is 0.271 e. The standard InChI is InChI=1S/C24H33N5O2/c1-4-29(22-15-20(16-27-24(22)31)19-9-12-25-13-10-19)21-7-6-14-28(17-21)23(30)8-5-11-26-18(2)3/h5,8-10,12-13,15-16,18,21,26H,4,6-7,11,14,17H2,1-3H3,(H,27,31). The van der Waals surface area contributed by atoms with Gasteiger partial charge in [0.1, 0.15) is 5.69 Å². The minimum atomic E-state index is -0.109. The molecule has 1 amide bonds. The predicted molar refractivity (Wildman–Crippen MR) is 125 cm³/mol.